The van der Waals surface area contributed by atoms with Gasteiger partial charge in [0.2, 0.25) is 0 Å². The maximum Gasteiger partial charge on any atom is 0.191 e. The Hall–Kier alpha value is -2.85. The number of halogens is 1. The van der Waals surface area contributed by atoms with Gasteiger partial charge in [0.25, 0.3) is 0 Å². The number of benzene rings is 1. The van der Waals surface area contributed by atoms with Crippen molar-refractivity contribution in [3.63, 3.8) is 0 Å². The third-order valence-electron chi connectivity index (χ3n) is 4.77. The van der Waals surface area contributed by atoms with Crippen LogP contribution in [0.1, 0.15) is 35.8 Å². The van der Waals surface area contributed by atoms with Crippen molar-refractivity contribution in [3.05, 3.63) is 59.3 Å². The normalized spacial score (nSPS) is 16.1. The molecule has 0 amide bonds. The first kappa shape index (κ1) is 18.9. The fourth-order valence-corrected chi connectivity index (χ4v) is 3.30. The van der Waals surface area contributed by atoms with Gasteiger partial charge in [-0.05, 0) is 50.2 Å². The molecule has 0 saturated carbocycles. The maximum absolute atomic E-state index is 14.0. The molecule has 1 atom stereocenters. The van der Waals surface area contributed by atoms with Gasteiger partial charge in [-0.2, -0.15) is 5.26 Å². The van der Waals surface area contributed by atoms with Gasteiger partial charge in [0.1, 0.15) is 11.6 Å². The summed E-state index contributed by atoms with van der Waals surface area (Å²) in [5.74, 6) is 1.12. The zero-order chi connectivity index (χ0) is 19.1. The van der Waals surface area contributed by atoms with Gasteiger partial charge in [0, 0.05) is 25.7 Å². The standard InChI is InChI=1S/C20H24FN5O/c1-23-20(24-13-16-7-6-15(12-22)11-17(16)21)25-14-18(19-5-4-10-27-19)26-8-2-3-9-26/h4-7,10-11,18H,2-3,8-9,13-14H2,1H3,(H2,23,24,25). The predicted octanol–water partition coefficient (Wildman–Crippen LogP) is 2.79. The number of guanidine groups is 1. The Morgan fingerprint density at radius 1 is 1.33 bits per heavy atom. The number of hydrogen-bond donors (Lipinski definition) is 2. The molecule has 1 fully saturated rings. The molecule has 3 rings (SSSR count). The molecule has 1 aromatic carbocycles. The van der Waals surface area contributed by atoms with E-state index in [1.165, 1.54) is 18.9 Å². The summed E-state index contributed by atoms with van der Waals surface area (Å²) < 4.78 is 19.6. The minimum Gasteiger partial charge on any atom is -0.468 e. The molecular weight excluding hydrogens is 345 g/mol. The number of nitriles is 1. The van der Waals surface area contributed by atoms with E-state index in [2.05, 4.69) is 20.5 Å². The molecule has 1 aliphatic rings. The monoisotopic (exact) mass is 369 g/mol. The number of nitrogens with zero attached hydrogens (tertiary/aromatic N) is 3. The van der Waals surface area contributed by atoms with Crippen LogP contribution in [0, 0.1) is 17.1 Å². The van der Waals surface area contributed by atoms with Gasteiger partial charge < -0.3 is 15.1 Å². The Kier molecular flexibility index (Phi) is 6.44. The van der Waals surface area contributed by atoms with Gasteiger partial charge in [0.05, 0.1) is 23.9 Å². The highest BCUT2D eigenvalue weighted by molar-refractivity contribution is 5.79. The van der Waals surface area contributed by atoms with Crippen molar-refractivity contribution < 1.29 is 8.81 Å². The first-order chi connectivity index (χ1) is 13.2. The minimum atomic E-state index is -0.400. The molecule has 1 aromatic heterocycles. The van der Waals surface area contributed by atoms with Gasteiger partial charge in [-0.15, -0.1) is 0 Å². The topological polar surface area (TPSA) is 76.6 Å². The number of nitrogens with one attached hydrogen (secondary N) is 2. The molecule has 0 spiro atoms. The Balaban J connectivity index is 1.58. The summed E-state index contributed by atoms with van der Waals surface area (Å²) in [5, 5.41) is 15.3. The number of hydrogen-bond acceptors (Lipinski definition) is 4. The molecule has 0 aliphatic carbocycles. The molecule has 1 aliphatic heterocycles. The van der Waals surface area contributed by atoms with E-state index in [9.17, 15) is 4.39 Å². The Labute approximate surface area is 158 Å². The van der Waals surface area contributed by atoms with Crippen LogP contribution in [-0.2, 0) is 6.54 Å². The lowest BCUT2D eigenvalue weighted by molar-refractivity contribution is 0.215. The second-order valence-electron chi connectivity index (χ2n) is 6.50. The highest BCUT2D eigenvalue weighted by atomic mass is 19.1. The average molecular weight is 369 g/mol. The van der Waals surface area contributed by atoms with E-state index in [0.29, 0.717) is 23.6 Å². The van der Waals surface area contributed by atoms with E-state index >= 15 is 0 Å². The van der Waals surface area contributed by atoms with Crippen molar-refractivity contribution in [3.8, 4) is 6.07 Å². The smallest absolute Gasteiger partial charge is 0.191 e. The summed E-state index contributed by atoms with van der Waals surface area (Å²) in [5.41, 5.74) is 0.796. The Morgan fingerprint density at radius 2 is 2.15 bits per heavy atom. The fourth-order valence-electron chi connectivity index (χ4n) is 3.30. The summed E-state index contributed by atoms with van der Waals surface area (Å²) in [4.78, 5) is 6.62. The van der Waals surface area contributed by atoms with Crippen molar-refractivity contribution in [2.45, 2.75) is 25.4 Å². The van der Waals surface area contributed by atoms with Crippen LogP contribution in [0.15, 0.2) is 46.0 Å². The van der Waals surface area contributed by atoms with Crippen LogP contribution < -0.4 is 10.6 Å². The summed E-state index contributed by atoms with van der Waals surface area (Å²) in [6, 6.07) is 10.4. The minimum absolute atomic E-state index is 0.132. The first-order valence-electron chi connectivity index (χ1n) is 9.11. The molecule has 0 radical (unpaired) electrons. The SMILES string of the molecule is CN=C(NCc1ccc(C#N)cc1F)NCC(c1ccco1)N1CCCC1. The van der Waals surface area contributed by atoms with Crippen LogP contribution in [0.25, 0.3) is 0 Å². The highest BCUT2D eigenvalue weighted by Gasteiger charge is 2.25. The van der Waals surface area contributed by atoms with Crippen LogP contribution in [-0.4, -0.2) is 37.5 Å². The van der Waals surface area contributed by atoms with Crippen molar-refractivity contribution >= 4 is 5.96 Å². The molecule has 27 heavy (non-hydrogen) atoms. The van der Waals surface area contributed by atoms with E-state index in [4.69, 9.17) is 9.68 Å². The van der Waals surface area contributed by atoms with E-state index in [0.717, 1.165) is 18.8 Å². The third kappa shape index (κ3) is 4.86. The molecule has 2 N–H and O–H groups in total. The molecule has 2 aromatic rings. The van der Waals surface area contributed by atoms with Gasteiger partial charge in [0.15, 0.2) is 5.96 Å². The largest absolute Gasteiger partial charge is 0.468 e. The lowest BCUT2D eigenvalue weighted by atomic mass is 10.1. The molecule has 1 saturated heterocycles. The second kappa shape index (κ2) is 9.19. The van der Waals surface area contributed by atoms with Crippen LogP contribution >= 0.6 is 0 Å². The summed E-state index contributed by atoms with van der Waals surface area (Å²) in [7, 11) is 1.68. The predicted molar refractivity (Wildman–Crippen MR) is 102 cm³/mol. The van der Waals surface area contributed by atoms with Gasteiger partial charge >= 0.3 is 0 Å². The fraction of sp³-hybridized carbons (Fsp3) is 0.400. The van der Waals surface area contributed by atoms with Crippen LogP contribution in [0.4, 0.5) is 4.39 Å². The van der Waals surface area contributed by atoms with Crippen LogP contribution in [0.3, 0.4) is 0 Å². The number of aliphatic imine (C=N–C) groups is 1. The quantitative estimate of drug-likeness (QED) is 0.605. The van der Waals surface area contributed by atoms with Crippen molar-refractivity contribution in [1.29, 1.82) is 5.26 Å². The van der Waals surface area contributed by atoms with Gasteiger partial charge in [-0.25, -0.2) is 4.39 Å². The molecule has 0 bridgehead atoms. The Bertz CT molecular complexity index is 806. The molecule has 6 nitrogen and oxygen atoms in total. The van der Waals surface area contributed by atoms with Crippen LogP contribution in [0.2, 0.25) is 0 Å². The van der Waals surface area contributed by atoms with Crippen molar-refractivity contribution in [2.75, 3.05) is 26.7 Å². The first-order valence-corrected chi connectivity index (χ1v) is 9.11. The molecule has 2 heterocycles. The lowest BCUT2D eigenvalue weighted by Gasteiger charge is -2.26. The Morgan fingerprint density at radius 3 is 2.78 bits per heavy atom. The number of rotatable bonds is 6. The molecule has 1 unspecified atom stereocenters. The van der Waals surface area contributed by atoms with Crippen molar-refractivity contribution in [1.82, 2.24) is 15.5 Å². The zero-order valence-corrected chi connectivity index (χ0v) is 15.4. The highest BCUT2D eigenvalue weighted by Crippen LogP contribution is 2.24. The van der Waals surface area contributed by atoms with E-state index in [1.807, 2.05) is 18.2 Å². The van der Waals surface area contributed by atoms with E-state index < -0.39 is 5.82 Å². The molecular formula is C20H24FN5O. The average Bonchev–Trinajstić information content (AvgIpc) is 3.39. The second-order valence-corrected chi connectivity index (χ2v) is 6.50. The number of likely N-dealkylation sites (tertiary alicyclic amines) is 1. The maximum atomic E-state index is 14.0. The van der Waals surface area contributed by atoms with Gasteiger partial charge in [-0.3, -0.25) is 9.89 Å². The molecule has 7 heteroatoms. The van der Waals surface area contributed by atoms with Gasteiger partial charge in [-0.1, -0.05) is 6.07 Å². The molecule has 142 valence electrons. The van der Waals surface area contributed by atoms with E-state index in [-0.39, 0.29) is 12.6 Å². The summed E-state index contributed by atoms with van der Waals surface area (Å²) in [6.45, 7) is 3.03. The summed E-state index contributed by atoms with van der Waals surface area (Å²) in [6.07, 6.45) is 4.09. The van der Waals surface area contributed by atoms with Crippen LogP contribution in [0.5, 0.6) is 0 Å². The third-order valence-corrected chi connectivity index (χ3v) is 4.77. The number of furan rings is 1. The summed E-state index contributed by atoms with van der Waals surface area (Å²) >= 11 is 0. The van der Waals surface area contributed by atoms with E-state index in [1.54, 1.807) is 25.4 Å². The van der Waals surface area contributed by atoms with Crippen molar-refractivity contribution in [2.24, 2.45) is 4.99 Å². The zero-order valence-electron chi connectivity index (χ0n) is 15.4. The lowest BCUT2D eigenvalue weighted by Crippen LogP contribution is -2.42.